The van der Waals surface area contributed by atoms with Gasteiger partial charge in [0.25, 0.3) is 0 Å². The number of imidazole rings is 1. The van der Waals surface area contributed by atoms with Crippen LogP contribution in [0.15, 0.2) is 18.2 Å². The lowest BCUT2D eigenvalue weighted by molar-refractivity contribution is 0.0972. The van der Waals surface area contributed by atoms with E-state index in [1.54, 1.807) is 0 Å². The SMILES string of the molecule is Cc1nc2cc(C(=O)CC3CCCN3)ccc2n1C. The average Bonchev–Trinajstić information content (AvgIpc) is 2.99. The lowest BCUT2D eigenvalue weighted by Gasteiger charge is -2.08. The molecule has 3 rings (SSSR count). The molecule has 4 heteroatoms. The zero-order chi connectivity index (χ0) is 13.4. The van der Waals surface area contributed by atoms with Crippen LogP contribution in [0.4, 0.5) is 0 Å². The Labute approximate surface area is 112 Å². The fourth-order valence-electron chi connectivity index (χ4n) is 2.77. The molecule has 0 saturated carbocycles. The highest BCUT2D eigenvalue weighted by Gasteiger charge is 2.19. The molecule has 1 aliphatic rings. The molecule has 19 heavy (non-hydrogen) atoms. The molecule has 1 N–H and O–H groups in total. The molecule has 0 amide bonds. The molecule has 2 aromatic rings. The van der Waals surface area contributed by atoms with Gasteiger partial charge in [0.05, 0.1) is 11.0 Å². The smallest absolute Gasteiger partial charge is 0.164 e. The quantitative estimate of drug-likeness (QED) is 0.858. The van der Waals surface area contributed by atoms with Crippen molar-refractivity contribution in [1.29, 1.82) is 0 Å². The van der Waals surface area contributed by atoms with Crippen LogP contribution in [0.5, 0.6) is 0 Å². The molecule has 0 bridgehead atoms. The predicted octanol–water partition coefficient (Wildman–Crippen LogP) is 2.21. The lowest BCUT2D eigenvalue weighted by Crippen LogP contribution is -2.24. The van der Waals surface area contributed by atoms with E-state index >= 15 is 0 Å². The summed E-state index contributed by atoms with van der Waals surface area (Å²) in [6, 6.07) is 6.18. The number of nitrogens with zero attached hydrogens (tertiary/aromatic N) is 2. The average molecular weight is 257 g/mol. The van der Waals surface area contributed by atoms with E-state index in [0.29, 0.717) is 12.5 Å². The Kier molecular flexibility index (Phi) is 3.11. The maximum atomic E-state index is 12.3. The van der Waals surface area contributed by atoms with Crippen LogP contribution in [0, 0.1) is 6.92 Å². The number of aromatic nitrogens is 2. The van der Waals surface area contributed by atoms with Crippen LogP contribution < -0.4 is 5.32 Å². The number of fused-ring (bicyclic) bond motifs is 1. The second kappa shape index (κ2) is 4.78. The largest absolute Gasteiger partial charge is 0.331 e. The Morgan fingerprint density at radius 1 is 1.53 bits per heavy atom. The molecule has 1 saturated heterocycles. The Bertz CT molecular complexity index is 624. The second-order valence-corrected chi connectivity index (χ2v) is 5.34. The number of aryl methyl sites for hydroxylation is 2. The molecule has 0 radical (unpaired) electrons. The van der Waals surface area contributed by atoms with Crippen molar-refractivity contribution in [3.8, 4) is 0 Å². The molecule has 100 valence electrons. The van der Waals surface area contributed by atoms with Gasteiger partial charge in [0.15, 0.2) is 5.78 Å². The third-order valence-corrected chi connectivity index (χ3v) is 4.02. The minimum absolute atomic E-state index is 0.213. The van der Waals surface area contributed by atoms with Crippen molar-refractivity contribution in [2.24, 2.45) is 7.05 Å². The highest BCUT2D eigenvalue weighted by Crippen LogP contribution is 2.19. The number of carbonyl (C=O) groups is 1. The van der Waals surface area contributed by atoms with E-state index in [-0.39, 0.29) is 5.78 Å². The number of rotatable bonds is 3. The summed E-state index contributed by atoms with van der Waals surface area (Å²) >= 11 is 0. The molecule has 4 nitrogen and oxygen atoms in total. The number of hydrogen-bond acceptors (Lipinski definition) is 3. The van der Waals surface area contributed by atoms with Crippen LogP contribution in [0.25, 0.3) is 11.0 Å². The maximum Gasteiger partial charge on any atom is 0.164 e. The van der Waals surface area contributed by atoms with Gasteiger partial charge in [-0.2, -0.15) is 0 Å². The van der Waals surface area contributed by atoms with Gasteiger partial charge in [0.2, 0.25) is 0 Å². The van der Waals surface area contributed by atoms with E-state index in [9.17, 15) is 4.79 Å². The van der Waals surface area contributed by atoms with E-state index in [1.807, 2.05) is 36.7 Å². The van der Waals surface area contributed by atoms with Crippen molar-refractivity contribution < 1.29 is 4.79 Å². The number of nitrogens with one attached hydrogen (secondary N) is 1. The first-order valence-corrected chi connectivity index (χ1v) is 6.85. The van der Waals surface area contributed by atoms with Gasteiger partial charge in [-0.3, -0.25) is 4.79 Å². The Morgan fingerprint density at radius 2 is 2.37 bits per heavy atom. The van der Waals surface area contributed by atoms with Crippen LogP contribution in [0.1, 0.15) is 35.4 Å². The molecule has 1 aliphatic heterocycles. The molecule has 0 aliphatic carbocycles. The minimum Gasteiger partial charge on any atom is -0.331 e. The van der Waals surface area contributed by atoms with E-state index in [0.717, 1.165) is 35.4 Å². The van der Waals surface area contributed by atoms with E-state index < -0.39 is 0 Å². The summed E-state index contributed by atoms with van der Waals surface area (Å²) in [7, 11) is 1.99. The molecular weight excluding hydrogens is 238 g/mol. The number of carbonyl (C=O) groups excluding carboxylic acids is 1. The molecule has 2 heterocycles. The van der Waals surface area contributed by atoms with Gasteiger partial charge in [0, 0.05) is 25.1 Å². The first-order valence-electron chi connectivity index (χ1n) is 6.85. The summed E-state index contributed by atoms with van der Waals surface area (Å²) in [6.07, 6.45) is 2.88. The maximum absolute atomic E-state index is 12.3. The molecule has 1 atom stereocenters. The van der Waals surface area contributed by atoms with Crippen LogP contribution in [-0.4, -0.2) is 27.9 Å². The van der Waals surface area contributed by atoms with E-state index in [4.69, 9.17) is 0 Å². The van der Waals surface area contributed by atoms with Gasteiger partial charge < -0.3 is 9.88 Å². The molecular formula is C15H19N3O. The zero-order valence-corrected chi connectivity index (χ0v) is 11.4. The number of benzene rings is 1. The summed E-state index contributed by atoms with van der Waals surface area (Å²) < 4.78 is 2.04. The van der Waals surface area contributed by atoms with Gasteiger partial charge in [-0.05, 0) is 44.5 Å². The van der Waals surface area contributed by atoms with Gasteiger partial charge >= 0.3 is 0 Å². The summed E-state index contributed by atoms with van der Waals surface area (Å²) in [4.78, 5) is 16.7. The molecule has 0 spiro atoms. The van der Waals surface area contributed by atoms with Crippen LogP contribution in [0.3, 0.4) is 0 Å². The summed E-state index contributed by atoms with van der Waals surface area (Å²) in [5.74, 6) is 1.18. The lowest BCUT2D eigenvalue weighted by atomic mass is 10.0. The first kappa shape index (κ1) is 12.4. The van der Waals surface area contributed by atoms with Gasteiger partial charge in [-0.25, -0.2) is 4.98 Å². The standard InChI is InChI=1S/C15H19N3O/c1-10-17-13-8-11(5-6-14(13)18(10)2)15(19)9-12-4-3-7-16-12/h5-6,8,12,16H,3-4,7,9H2,1-2H3. The van der Waals surface area contributed by atoms with Crippen molar-refractivity contribution in [2.45, 2.75) is 32.2 Å². The monoisotopic (exact) mass is 257 g/mol. The van der Waals surface area contributed by atoms with Gasteiger partial charge in [-0.15, -0.1) is 0 Å². The zero-order valence-electron chi connectivity index (χ0n) is 11.4. The topological polar surface area (TPSA) is 46.9 Å². The van der Waals surface area contributed by atoms with Crippen LogP contribution in [-0.2, 0) is 7.05 Å². The third-order valence-electron chi connectivity index (χ3n) is 4.02. The molecule has 1 unspecified atom stereocenters. The van der Waals surface area contributed by atoms with Crippen molar-refractivity contribution in [3.05, 3.63) is 29.6 Å². The predicted molar refractivity (Wildman–Crippen MR) is 75.4 cm³/mol. The highest BCUT2D eigenvalue weighted by molar-refractivity contribution is 5.99. The Balaban J connectivity index is 1.86. The second-order valence-electron chi connectivity index (χ2n) is 5.34. The van der Waals surface area contributed by atoms with E-state index in [2.05, 4.69) is 10.3 Å². The van der Waals surface area contributed by atoms with Crippen molar-refractivity contribution in [1.82, 2.24) is 14.9 Å². The van der Waals surface area contributed by atoms with Crippen molar-refractivity contribution in [3.63, 3.8) is 0 Å². The molecule has 1 fully saturated rings. The van der Waals surface area contributed by atoms with E-state index in [1.165, 1.54) is 6.42 Å². The fourth-order valence-corrected chi connectivity index (χ4v) is 2.77. The minimum atomic E-state index is 0.213. The molecule has 1 aromatic heterocycles. The van der Waals surface area contributed by atoms with Crippen molar-refractivity contribution in [2.75, 3.05) is 6.54 Å². The summed E-state index contributed by atoms with van der Waals surface area (Å²) in [5, 5.41) is 3.37. The normalized spacial score (nSPS) is 19.2. The van der Waals surface area contributed by atoms with Gasteiger partial charge in [0.1, 0.15) is 5.82 Å². The Hall–Kier alpha value is -1.68. The summed E-state index contributed by atoms with van der Waals surface area (Å²) in [6.45, 7) is 3.01. The molecule has 1 aromatic carbocycles. The van der Waals surface area contributed by atoms with Crippen LogP contribution >= 0.6 is 0 Å². The van der Waals surface area contributed by atoms with Crippen LogP contribution in [0.2, 0.25) is 0 Å². The number of Topliss-reactive ketones (excluding diaryl/α,β-unsaturated/α-hetero) is 1. The highest BCUT2D eigenvalue weighted by atomic mass is 16.1. The van der Waals surface area contributed by atoms with Gasteiger partial charge in [-0.1, -0.05) is 0 Å². The first-order chi connectivity index (χ1) is 9.15. The van der Waals surface area contributed by atoms with Crippen molar-refractivity contribution >= 4 is 16.8 Å². The fraction of sp³-hybridized carbons (Fsp3) is 0.467. The summed E-state index contributed by atoms with van der Waals surface area (Å²) in [5.41, 5.74) is 2.76. The Morgan fingerprint density at radius 3 is 3.11 bits per heavy atom. The number of ketones is 1. The number of hydrogen-bond donors (Lipinski definition) is 1. The third kappa shape index (κ3) is 2.28.